The molecule has 0 aromatic carbocycles. The minimum absolute atomic E-state index is 0.207. The molecule has 0 heterocycles. The van der Waals surface area contributed by atoms with E-state index >= 15 is 0 Å². The second-order valence-corrected chi connectivity index (χ2v) is 2.21. The Labute approximate surface area is 86.2 Å². The number of diazo groups is 1. The van der Waals surface area contributed by atoms with E-state index in [1.165, 1.54) is 0 Å². The van der Waals surface area contributed by atoms with Gasteiger partial charge in [-0.05, 0) is 6.92 Å². The highest BCUT2D eigenvalue weighted by Crippen LogP contribution is 1.81. The molecule has 0 spiro atoms. The largest absolute Gasteiger partial charge is 0.490 e. The number of hydrogen-bond acceptors (Lipinski definition) is 6. The molecule has 0 aromatic rings. The summed E-state index contributed by atoms with van der Waals surface area (Å²) in [6, 6.07) is 0. The number of carbonyl (C=O) groups is 1. The zero-order valence-electron chi connectivity index (χ0n) is 8.17. The molecule has 0 saturated carbocycles. The molecule has 82 valence electrons. The van der Waals surface area contributed by atoms with Crippen molar-refractivity contribution in [1.82, 2.24) is 10.7 Å². The lowest BCUT2D eigenvalue weighted by atomic mass is 10.6. The summed E-state index contributed by atoms with van der Waals surface area (Å²) in [6.07, 6.45) is 1.84. The van der Waals surface area contributed by atoms with Gasteiger partial charge in [0.05, 0.1) is 13.2 Å². The van der Waals surface area contributed by atoms with E-state index < -0.39 is 11.8 Å². The van der Waals surface area contributed by atoms with Gasteiger partial charge in [0.15, 0.2) is 11.4 Å². The highest BCUT2D eigenvalue weighted by atomic mass is 16.5. The molecule has 0 aliphatic heterocycles. The van der Waals surface area contributed by atoms with E-state index in [1.807, 2.05) is 0 Å². The fourth-order valence-corrected chi connectivity index (χ4v) is 0.521. The predicted molar refractivity (Wildman–Crippen MR) is 52.1 cm³/mol. The number of rotatable bonds is 6. The third kappa shape index (κ3) is 8.04. The molecule has 8 nitrogen and oxygen atoms in total. The zero-order valence-corrected chi connectivity index (χ0v) is 8.17. The molecule has 0 unspecified atom stereocenters. The molecule has 0 aliphatic carbocycles. The molecule has 0 atom stereocenters. The number of amides is 1. The third-order valence-electron chi connectivity index (χ3n) is 1.09. The molecule has 3 N–H and O–H groups in total. The van der Waals surface area contributed by atoms with Crippen LogP contribution in [-0.4, -0.2) is 30.6 Å². The molecule has 0 aliphatic rings. The Hall–Kier alpha value is -2.30. The number of aliphatic hydroxyl groups is 1. The fraction of sp³-hybridized carbons (Fsp3) is 0.429. The first-order valence-electron chi connectivity index (χ1n) is 4.10. The van der Waals surface area contributed by atoms with Crippen molar-refractivity contribution in [2.45, 2.75) is 6.92 Å². The highest BCUT2D eigenvalue weighted by Gasteiger charge is 2.02. The first kappa shape index (κ1) is 12.7. The van der Waals surface area contributed by atoms with E-state index in [2.05, 4.69) is 20.8 Å². The number of hydrogen-bond donors (Lipinski definition) is 3. The van der Waals surface area contributed by atoms with Crippen LogP contribution in [0.1, 0.15) is 6.92 Å². The van der Waals surface area contributed by atoms with Gasteiger partial charge in [-0.1, -0.05) is 0 Å². The van der Waals surface area contributed by atoms with Crippen molar-refractivity contribution in [2.75, 3.05) is 13.2 Å². The van der Waals surface area contributed by atoms with Crippen LogP contribution in [0.15, 0.2) is 17.2 Å². The molecule has 0 saturated heterocycles. The Bertz CT molecular complexity index is 293. The van der Waals surface area contributed by atoms with Gasteiger partial charge in [0, 0.05) is 0 Å². The molecule has 0 aromatic heterocycles. The fourth-order valence-electron chi connectivity index (χ4n) is 0.521. The van der Waals surface area contributed by atoms with Crippen LogP contribution in [0.2, 0.25) is 0 Å². The molecular weight excluding hydrogens is 202 g/mol. The standard InChI is InChI=1S/C7H11N5O3/c1-2-15-5-11-12-7(14)3-9-6(13)4-10-8/h4-5,9H,2-3H2,1H3,(H-,12,13,14)/p+1/b6-4+,11-5-. The summed E-state index contributed by atoms with van der Waals surface area (Å²) < 4.78 is 4.71. The van der Waals surface area contributed by atoms with Crippen LogP contribution in [0.5, 0.6) is 0 Å². The van der Waals surface area contributed by atoms with Crippen molar-refractivity contribution < 1.29 is 14.6 Å². The van der Waals surface area contributed by atoms with Crippen molar-refractivity contribution >= 4 is 12.3 Å². The maximum atomic E-state index is 10.9. The maximum absolute atomic E-state index is 10.9. The first-order chi connectivity index (χ1) is 7.20. The average molecular weight is 214 g/mol. The predicted octanol–water partition coefficient (Wildman–Crippen LogP) is -0.118. The Morgan fingerprint density at radius 3 is 3.07 bits per heavy atom. The van der Waals surface area contributed by atoms with E-state index in [0.717, 1.165) is 12.6 Å². The Balaban J connectivity index is 3.67. The zero-order chi connectivity index (χ0) is 11.5. The molecule has 8 heteroatoms. The molecule has 0 rings (SSSR count). The van der Waals surface area contributed by atoms with E-state index in [1.54, 1.807) is 6.92 Å². The monoisotopic (exact) mass is 214 g/mol. The summed E-state index contributed by atoms with van der Waals surface area (Å²) in [5, 5.41) is 22.6. The SMILES string of the molecule is CCO/C=N\NC(=O)CN/C(O)=C\[N+]#N. The Morgan fingerprint density at radius 2 is 2.47 bits per heavy atom. The number of hydrazone groups is 1. The smallest absolute Gasteiger partial charge is 0.409 e. The number of nitrogens with zero attached hydrogens (tertiary/aromatic N) is 3. The second kappa shape index (κ2) is 8.31. The van der Waals surface area contributed by atoms with Gasteiger partial charge in [0.1, 0.15) is 0 Å². The molecule has 0 radical (unpaired) electrons. The van der Waals surface area contributed by atoms with Gasteiger partial charge in [0.25, 0.3) is 11.8 Å². The van der Waals surface area contributed by atoms with Crippen molar-refractivity contribution in [3.8, 4) is 0 Å². The lowest BCUT2D eigenvalue weighted by molar-refractivity contribution is -0.120. The van der Waals surface area contributed by atoms with E-state index in [4.69, 9.17) is 15.2 Å². The van der Waals surface area contributed by atoms with Gasteiger partial charge in [-0.25, -0.2) is 5.43 Å². The topological polar surface area (TPSA) is 111 Å². The van der Waals surface area contributed by atoms with Crippen LogP contribution in [-0.2, 0) is 9.53 Å². The van der Waals surface area contributed by atoms with Crippen LogP contribution < -0.4 is 10.7 Å². The summed E-state index contributed by atoms with van der Waals surface area (Å²) >= 11 is 0. The number of aliphatic hydroxyl groups excluding tert-OH is 1. The summed E-state index contributed by atoms with van der Waals surface area (Å²) in [6.45, 7) is 2.02. The number of ether oxygens (including phenoxy) is 1. The van der Waals surface area contributed by atoms with Crippen LogP contribution in [0.3, 0.4) is 0 Å². The molecule has 15 heavy (non-hydrogen) atoms. The Morgan fingerprint density at radius 1 is 1.73 bits per heavy atom. The van der Waals surface area contributed by atoms with E-state index in [9.17, 15) is 4.79 Å². The molecular formula is C7H12N5O3+. The van der Waals surface area contributed by atoms with Gasteiger partial charge >= 0.3 is 6.20 Å². The van der Waals surface area contributed by atoms with Crippen LogP contribution in [0.25, 0.3) is 4.98 Å². The summed E-state index contributed by atoms with van der Waals surface area (Å²) in [4.78, 5) is 13.5. The lowest BCUT2D eigenvalue weighted by Gasteiger charge is -2.00. The Kier molecular flexibility index (Phi) is 7.03. The summed E-state index contributed by atoms with van der Waals surface area (Å²) in [7, 11) is 0. The first-order valence-corrected chi connectivity index (χ1v) is 4.10. The third-order valence-corrected chi connectivity index (χ3v) is 1.09. The minimum Gasteiger partial charge on any atom is -0.490 e. The van der Waals surface area contributed by atoms with Crippen molar-refractivity contribution in [1.29, 1.82) is 5.39 Å². The number of nitrogens with one attached hydrogen (secondary N) is 2. The van der Waals surface area contributed by atoms with Gasteiger partial charge in [-0.15, -0.1) is 5.10 Å². The van der Waals surface area contributed by atoms with E-state index in [0.29, 0.717) is 6.61 Å². The highest BCUT2D eigenvalue weighted by molar-refractivity contribution is 5.78. The average Bonchev–Trinajstić information content (AvgIpc) is 2.22. The van der Waals surface area contributed by atoms with Gasteiger partial charge in [-0.2, -0.15) is 0 Å². The molecule has 0 bridgehead atoms. The second-order valence-electron chi connectivity index (χ2n) is 2.21. The summed E-state index contributed by atoms with van der Waals surface area (Å²) in [5.74, 6) is -0.912. The molecule has 1 amide bonds. The van der Waals surface area contributed by atoms with Crippen LogP contribution in [0.4, 0.5) is 0 Å². The van der Waals surface area contributed by atoms with E-state index in [-0.39, 0.29) is 6.54 Å². The lowest BCUT2D eigenvalue weighted by Crippen LogP contribution is -2.30. The maximum Gasteiger partial charge on any atom is 0.409 e. The van der Waals surface area contributed by atoms with Crippen LogP contribution in [0, 0.1) is 5.39 Å². The quantitative estimate of drug-likeness (QED) is 0.188. The van der Waals surface area contributed by atoms with Gasteiger partial charge in [0.2, 0.25) is 5.39 Å². The van der Waals surface area contributed by atoms with Gasteiger partial charge in [-0.3, -0.25) is 4.79 Å². The van der Waals surface area contributed by atoms with Gasteiger partial charge < -0.3 is 15.2 Å². The van der Waals surface area contributed by atoms with Crippen molar-refractivity contribution in [2.24, 2.45) is 5.10 Å². The van der Waals surface area contributed by atoms with Crippen molar-refractivity contribution in [3.05, 3.63) is 17.1 Å². The number of carbonyl (C=O) groups excluding carboxylic acids is 1. The van der Waals surface area contributed by atoms with Crippen LogP contribution >= 0.6 is 0 Å². The minimum atomic E-state index is -0.483. The van der Waals surface area contributed by atoms with Crippen molar-refractivity contribution in [3.63, 3.8) is 0 Å². The molecule has 0 fully saturated rings. The normalized spacial score (nSPS) is 10.8. The summed E-state index contributed by atoms with van der Waals surface area (Å²) in [5.41, 5.74) is 2.13.